The predicted molar refractivity (Wildman–Crippen MR) is 56.8 cm³/mol. The van der Waals surface area contributed by atoms with Crippen LogP contribution in [-0.2, 0) is 10.1 Å². The molecule has 1 aliphatic heterocycles. The molecule has 1 unspecified atom stereocenters. The maximum absolute atomic E-state index is 10.6. The van der Waals surface area contributed by atoms with Gasteiger partial charge in [0.15, 0.2) is 0 Å². The molecule has 1 fully saturated rings. The molecule has 0 amide bonds. The van der Waals surface area contributed by atoms with E-state index in [2.05, 4.69) is 0 Å². The van der Waals surface area contributed by atoms with Gasteiger partial charge in [-0.15, -0.1) is 0 Å². The molecule has 0 spiro atoms. The highest BCUT2D eigenvalue weighted by Crippen LogP contribution is 2.11. The van der Waals surface area contributed by atoms with Crippen molar-refractivity contribution in [2.75, 3.05) is 38.5 Å². The topological polar surface area (TPSA) is 101 Å². The van der Waals surface area contributed by atoms with Gasteiger partial charge in [0.1, 0.15) is 0 Å². The molecule has 0 aliphatic carbocycles. The molecule has 1 saturated heterocycles. The summed E-state index contributed by atoms with van der Waals surface area (Å²) in [5, 5.41) is 19.4. The molecule has 0 aromatic heterocycles. The highest BCUT2D eigenvalue weighted by Gasteiger charge is 2.26. The van der Waals surface area contributed by atoms with Gasteiger partial charge in [0.2, 0.25) is 0 Å². The normalized spacial score (nSPS) is 24.8. The first-order valence-corrected chi connectivity index (χ1v) is 6.77. The van der Waals surface area contributed by atoms with Gasteiger partial charge >= 0.3 is 0 Å². The molecule has 0 bridgehead atoms. The Morgan fingerprint density at radius 2 is 2.00 bits per heavy atom. The average molecular weight is 254 g/mol. The van der Waals surface area contributed by atoms with Gasteiger partial charge < -0.3 is 10.3 Å². The fraction of sp³-hybridized carbons (Fsp3) is 1.00. The van der Waals surface area contributed by atoms with Crippen molar-refractivity contribution in [2.45, 2.75) is 12.5 Å². The van der Waals surface area contributed by atoms with Crippen LogP contribution in [0.25, 0.3) is 0 Å². The SMILES string of the molecule is O=S(=O)(O)CCC1CN(CCO)CCN1O. The van der Waals surface area contributed by atoms with Crippen LogP contribution in [0.3, 0.4) is 0 Å². The molecular formula is C8H18N2O5S. The standard InChI is InChI=1S/C8H18N2O5S/c11-5-4-9-2-3-10(12)8(7-9)1-6-16(13,14)15/h8,11-12H,1-7H2,(H,13,14,15). The molecule has 1 rings (SSSR count). The van der Waals surface area contributed by atoms with E-state index in [9.17, 15) is 13.6 Å². The summed E-state index contributed by atoms with van der Waals surface area (Å²) < 4.78 is 29.8. The summed E-state index contributed by atoms with van der Waals surface area (Å²) >= 11 is 0. The number of aliphatic hydroxyl groups is 1. The largest absolute Gasteiger partial charge is 0.395 e. The third kappa shape index (κ3) is 4.73. The second-order valence-corrected chi connectivity index (χ2v) is 5.49. The zero-order valence-corrected chi connectivity index (χ0v) is 9.80. The number of hydrogen-bond acceptors (Lipinski definition) is 6. The number of piperazine rings is 1. The summed E-state index contributed by atoms with van der Waals surface area (Å²) in [6.07, 6.45) is 0.178. The Balaban J connectivity index is 2.43. The van der Waals surface area contributed by atoms with Crippen molar-refractivity contribution in [1.82, 2.24) is 9.96 Å². The van der Waals surface area contributed by atoms with Crippen LogP contribution in [0.4, 0.5) is 0 Å². The highest BCUT2D eigenvalue weighted by atomic mass is 32.2. The quantitative estimate of drug-likeness (QED) is 0.520. The van der Waals surface area contributed by atoms with Crippen LogP contribution in [0.2, 0.25) is 0 Å². The first-order chi connectivity index (χ1) is 7.42. The fourth-order valence-electron chi connectivity index (χ4n) is 1.78. The Bertz CT molecular complexity index is 308. The Morgan fingerprint density at radius 3 is 2.56 bits per heavy atom. The van der Waals surface area contributed by atoms with Crippen molar-refractivity contribution in [3.8, 4) is 0 Å². The molecule has 0 aromatic rings. The van der Waals surface area contributed by atoms with E-state index in [0.717, 1.165) is 5.06 Å². The predicted octanol–water partition coefficient (Wildman–Crippen LogP) is -1.37. The van der Waals surface area contributed by atoms with Gasteiger partial charge in [-0.3, -0.25) is 9.45 Å². The highest BCUT2D eigenvalue weighted by molar-refractivity contribution is 7.85. The minimum atomic E-state index is -3.98. The molecule has 16 heavy (non-hydrogen) atoms. The minimum Gasteiger partial charge on any atom is -0.395 e. The lowest BCUT2D eigenvalue weighted by Crippen LogP contribution is -2.52. The van der Waals surface area contributed by atoms with Gasteiger partial charge in [0, 0.05) is 32.2 Å². The van der Waals surface area contributed by atoms with Crippen molar-refractivity contribution in [3.63, 3.8) is 0 Å². The molecule has 0 radical (unpaired) electrons. The molecule has 1 atom stereocenters. The first-order valence-electron chi connectivity index (χ1n) is 5.16. The molecule has 1 aliphatic rings. The van der Waals surface area contributed by atoms with Crippen LogP contribution in [0, 0.1) is 0 Å². The van der Waals surface area contributed by atoms with E-state index in [-0.39, 0.29) is 24.8 Å². The van der Waals surface area contributed by atoms with Gasteiger partial charge in [0.25, 0.3) is 10.1 Å². The monoisotopic (exact) mass is 254 g/mol. The number of aliphatic hydroxyl groups excluding tert-OH is 1. The van der Waals surface area contributed by atoms with E-state index in [1.165, 1.54) is 0 Å². The second kappa shape index (κ2) is 5.89. The lowest BCUT2D eigenvalue weighted by atomic mass is 10.1. The van der Waals surface area contributed by atoms with E-state index in [4.69, 9.17) is 9.66 Å². The van der Waals surface area contributed by atoms with E-state index >= 15 is 0 Å². The third-order valence-corrected chi connectivity index (χ3v) is 3.41. The van der Waals surface area contributed by atoms with Crippen molar-refractivity contribution in [1.29, 1.82) is 0 Å². The van der Waals surface area contributed by atoms with Crippen LogP contribution in [0.1, 0.15) is 6.42 Å². The Morgan fingerprint density at radius 1 is 1.31 bits per heavy atom. The smallest absolute Gasteiger partial charge is 0.264 e. The molecule has 8 heteroatoms. The maximum Gasteiger partial charge on any atom is 0.264 e. The van der Waals surface area contributed by atoms with Crippen molar-refractivity contribution < 1.29 is 23.3 Å². The van der Waals surface area contributed by atoms with Gasteiger partial charge in [-0.25, -0.2) is 0 Å². The van der Waals surface area contributed by atoms with E-state index in [1.54, 1.807) is 0 Å². The van der Waals surface area contributed by atoms with Gasteiger partial charge in [0.05, 0.1) is 12.4 Å². The minimum absolute atomic E-state index is 0.0381. The average Bonchev–Trinajstić information content (AvgIpc) is 2.18. The number of hydroxylamine groups is 2. The number of β-amino-alcohol motifs (C(OH)–C–C–N with tert-alkyl or cyclic N) is 1. The van der Waals surface area contributed by atoms with Crippen LogP contribution in [0.5, 0.6) is 0 Å². The zero-order chi connectivity index (χ0) is 12.2. The molecule has 0 aromatic carbocycles. The lowest BCUT2D eigenvalue weighted by molar-refractivity contribution is -0.156. The van der Waals surface area contributed by atoms with Crippen LogP contribution in [0.15, 0.2) is 0 Å². The summed E-state index contributed by atoms with van der Waals surface area (Å²) in [4.78, 5) is 1.95. The van der Waals surface area contributed by atoms with E-state index < -0.39 is 10.1 Å². The van der Waals surface area contributed by atoms with E-state index in [1.807, 2.05) is 4.90 Å². The fourth-order valence-corrected chi connectivity index (χ4v) is 2.35. The van der Waals surface area contributed by atoms with Crippen molar-refractivity contribution in [3.05, 3.63) is 0 Å². The Hall–Kier alpha value is -0.250. The molecular weight excluding hydrogens is 236 g/mol. The number of hydrogen-bond donors (Lipinski definition) is 3. The van der Waals surface area contributed by atoms with E-state index in [0.29, 0.717) is 26.2 Å². The van der Waals surface area contributed by atoms with Crippen LogP contribution < -0.4 is 0 Å². The number of nitrogens with zero attached hydrogens (tertiary/aromatic N) is 2. The second-order valence-electron chi connectivity index (χ2n) is 3.92. The first kappa shape index (κ1) is 13.8. The third-order valence-electron chi connectivity index (χ3n) is 2.66. The summed E-state index contributed by atoms with van der Waals surface area (Å²) in [7, 11) is -3.98. The summed E-state index contributed by atoms with van der Waals surface area (Å²) in [6, 6.07) is -0.317. The molecule has 1 heterocycles. The maximum atomic E-state index is 10.6. The van der Waals surface area contributed by atoms with Crippen molar-refractivity contribution in [2.24, 2.45) is 0 Å². The molecule has 7 nitrogen and oxygen atoms in total. The zero-order valence-electron chi connectivity index (χ0n) is 8.99. The van der Waals surface area contributed by atoms with Crippen LogP contribution in [-0.4, -0.2) is 77.8 Å². The van der Waals surface area contributed by atoms with Gasteiger partial charge in [-0.2, -0.15) is 13.5 Å². The van der Waals surface area contributed by atoms with Gasteiger partial charge in [-0.1, -0.05) is 0 Å². The number of rotatable bonds is 5. The molecule has 96 valence electrons. The molecule has 3 N–H and O–H groups in total. The lowest BCUT2D eigenvalue weighted by Gasteiger charge is -2.37. The summed E-state index contributed by atoms with van der Waals surface area (Å²) in [5.74, 6) is -0.359. The van der Waals surface area contributed by atoms with Crippen LogP contribution >= 0.6 is 0 Å². The molecule has 0 saturated carbocycles. The summed E-state index contributed by atoms with van der Waals surface area (Å²) in [6.45, 7) is 2.09. The van der Waals surface area contributed by atoms with Gasteiger partial charge in [-0.05, 0) is 6.42 Å². The van der Waals surface area contributed by atoms with Crippen molar-refractivity contribution >= 4 is 10.1 Å². The Labute approximate surface area is 95.0 Å². The summed E-state index contributed by atoms with van der Waals surface area (Å²) in [5.41, 5.74) is 0. The Kier molecular flexibility index (Phi) is 5.09.